The number of carbonyl (C=O) groups excluding carboxylic acids is 1. The summed E-state index contributed by atoms with van der Waals surface area (Å²) in [6.07, 6.45) is 0.596. The Morgan fingerprint density at radius 2 is 2.12 bits per heavy atom. The molecule has 0 amide bonds. The highest BCUT2D eigenvalue weighted by Crippen LogP contribution is 1.94. The number of methoxy groups -OCH3 is 1. The van der Waals surface area contributed by atoms with E-state index in [1.165, 1.54) is 0 Å². The van der Waals surface area contributed by atoms with Crippen LogP contribution < -0.4 is 5.73 Å². The average molecular weight is 248 g/mol. The van der Waals surface area contributed by atoms with Gasteiger partial charge in [-0.05, 0) is 6.92 Å². The number of hydrogen-bond donors (Lipinski definition) is 1. The highest BCUT2D eigenvalue weighted by Gasteiger charge is 2.11. The molecule has 0 unspecified atom stereocenters. The molecule has 0 fully saturated rings. The number of nitrogens with two attached hydrogens (primary N) is 1. The number of nitrogens with zero attached hydrogens (tertiary/aromatic N) is 1. The van der Waals surface area contributed by atoms with Crippen molar-refractivity contribution in [2.24, 2.45) is 5.73 Å². The van der Waals surface area contributed by atoms with Crippen LogP contribution in [0, 0.1) is 0 Å². The van der Waals surface area contributed by atoms with Crippen molar-refractivity contribution in [1.82, 2.24) is 4.90 Å². The van der Waals surface area contributed by atoms with E-state index < -0.39 is 0 Å². The van der Waals surface area contributed by atoms with Crippen LogP contribution >= 0.6 is 12.2 Å². The molecular weight excluding hydrogens is 228 g/mol. The van der Waals surface area contributed by atoms with E-state index in [9.17, 15) is 4.79 Å². The molecule has 2 N–H and O–H groups in total. The third-order valence-corrected chi connectivity index (χ3v) is 2.15. The van der Waals surface area contributed by atoms with Crippen molar-refractivity contribution in [3.63, 3.8) is 0 Å². The van der Waals surface area contributed by atoms with E-state index in [1.54, 1.807) is 14.0 Å². The number of rotatable bonds is 9. The maximum atomic E-state index is 11.3. The Morgan fingerprint density at radius 1 is 1.44 bits per heavy atom. The quantitative estimate of drug-likeness (QED) is 0.464. The number of esters is 1. The summed E-state index contributed by atoms with van der Waals surface area (Å²) in [4.78, 5) is 13.7. The fourth-order valence-corrected chi connectivity index (χ4v) is 1.24. The van der Waals surface area contributed by atoms with Crippen LogP contribution in [0.25, 0.3) is 0 Å². The molecule has 94 valence electrons. The molecule has 0 saturated carbocycles. The Hall–Kier alpha value is -0.720. The summed E-state index contributed by atoms with van der Waals surface area (Å²) < 4.78 is 9.84. The van der Waals surface area contributed by atoms with Gasteiger partial charge < -0.3 is 15.2 Å². The zero-order valence-electron chi connectivity index (χ0n) is 9.90. The van der Waals surface area contributed by atoms with Gasteiger partial charge in [0.05, 0.1) is 24.7 Å². The minimum atomic E-state index is -0.235. The monoisotopic (exact) mass is 248 g/mol. The molecule has 5 nitrogen and oxygen atoms in total. The first-order chi connectivity index (χ1) is 7.60. The van der Waals surface area contributed by atoms with Gasteiger partial charge in [0.1, 0.15) is 0 Å². The molecule has 0 aliphatic rings. The molecule has 16 heavy (non-hydrogen) atoms. The third-order valence-electron chi connectivity index (χ3n) is 1.94. The molecule has 0 rings (SSSR count). The van der Waals surface area contributed by atoms with Crippen LogP contribution in [0.5, 0.6) is 0 Å². The Balaban J connectivity index is 3.97. The minimum Gasteiger partial charge on any atom is -0.465 e. The van der Waals surface area contributed by atoms with Crippen LogP contribution in [0.1, 0.15) is 13.3 Å². The molecule has 0 radical (unpaired) electrons. The van der Waals surface area contributed by atoms with E-state index in [0.29, 0.717) is 37.7 Å². The van der Waals surface area contributed by atoms with Gasteiger partial charge in [0.25, 0.3) is 0 Å². The van der Waals surface area contributed by atoms with Gasteiger partial charge in [-0.1, -0.05) is 12.2 Å². The highest BCUT2D eigenvalue weighted by atomic mass is 32.1. The summed E-state index contributed by atoms with van der Waals surface area (Å²) in [5, 5.41) is 0. The summed E-state index contributed by atoms with van der Waals surface area (Å²) in [7, 11) is 1.62. The molecule has 0 heterocycles. The second kappa shape index (κ2) is 9.50. The lowest BCUT2D eigenvalue weighted by atomic mass is 10.3. The van der Waals surface area contributed by atoms with Crippen molar-refractivity contribution in [3.05, 3.63) is 0 Å². The standard InChI is InChI=1S/C10H20N2O3S/c1-3-15-10(13)8-12(6-7-14-2)5-4-9(11)16/h3-8H2,1-2H3,(H2,11,16). The van der Waals surface area contributed by atoms with Gasteiger partial charge in [-0.3, -0.25) is 9.69 Å². The normalized spacial score (nSPS) is 10.4. The highest BCUT2D eigenvalue weighted by molar-refractivity contribution is 7.80. The molecule has 6 heteroatoms. The fourth-order valence-electron chi connectivity index (χ4n) is 1.15. The predicted molar refractivity (Wildman–Crippen MR) is 66.4 cm³/mol. The zero-order chi connectivity index (χ0) is 12.4. The maximum Gasteiger partial charge on any atom is 0.320 e. The van der Waals surface area contributed by atoms with E-state index >= 15 is 0 Å². The molecular formula is C10H20N2O3S. The minimum absolute atomic E-state index is 0.235. The summed E-state index contributed by atoms with van der Waals surface area (Å²) >= 11 is 4.79. The molecule has 0 aliphatic heterocycles. The van der Waals surface area contributed by atoms with Gasteiger partial charge in [0, 0.05) is 26.6 Å². The zero-order valence-corrected chi connectivity index (χ0v) is 10.7. The average Bonchev–Trinajstić information content (AvgIpc) is 2.22. The van der Waals surface area contributed by atoms with Crippen LogP contribution in [-0.4, -0.2) is 55.8 Å². The number of hydrogen-bond acceptors (Lipinski definition) is 5. The van der Waals surface area contributed by atoms with E-state index in [2.05, 4.69) is 0 Å². The molecule has 0 aromatic rings. The van der Waals surface area contributed by atoms with Gasteiger partial charge >= 0.3 is 5.97 Å². The predicted octanol–water partition coefficient (Wildman–Crippen LogP) is 0.174. The maximum absolute atomic E-state index is 11.3. The van der Waals surface area contributed by atoms with E-state index in [-0.39, 0.29) is 12.5 Å². The van der Waals surface area contributed by atoms with Crippen LogP contribution in [0.2, 0.25) is 0 Å². The summed E-state index contributed by atoms with van der Waals surface area (Å²) in [6, 6.07) is 0. The van der Waals surface area contributed by atoms with E-state index in [1.807, 2.05) is 4.90 Å². The second-order valence-electron chi connectivity index (χ2n) is 3.29. The molecule has 0 aromatic heterocycles. The van der Waals surface area contributed by atoms with Crippen LogP contribution in [0.15, 0.2) is 0 Å². The van der Waals surface area contributed by atoms with Crippen molar-refractivity contribution in [3.8, 4) is 0 Å². The molecule has 0 atom stereocenters. The van der Waals surface area contributed by atoms with Gasteiger partial charge in [0.15, 0.2) is 0 Å². The van der Waals surface area contributed by atoms with Crippen molar-refractivity contribution >= 4 is 23.2 Å². The first-order valence-electron chi connectivity index (χ1n) is 5.25. The van der Waals surface area contributed by atoms with Gasteiger partial charge in [-0.25, -0.2) is 0 Å². The van der Waals surface area contributed by atoms with Crippen molar-refractivity contribution in [2.45, 2.75) is 13.3 Å². The van der Waals surface area contributed by atoms with Crippen molar-refractivity contribution in [1.29, 1.82) is 0 Å². The number of carbonyl (C=O) groups is 1. The molecule has 0 aromatic carbocycles. The van der Waals surface area contributed by atoms with E-state index in [4.69, 9.17) is 27.4 Å². The number of ether oxygens (including phenoxy) is 2. The topological polar surface area (TPSA) is 64.8 Å². The fraction of sp³-hybridized carbons (Fsp3) is 0.800. The molecule has 0 spiro atoms. The Morgan fingerprint density at radius 3 is 2.62 bits per heavy atom. The summed E-state index contributed by atoms with van der Waals surface area (Å²) in [6.45, 7) is 4.31. The molecule has 0 bridgehead atoms. The van der Waals surface area contributed by atoms with Crippen LogP contribution in [0.4, 0.5) is 0 Å². The Bertz CT molecular complexity index is 224. The van der Waals surface area contributed by atoms with E-state index in [0.717, 1.165) is 0 Å². The van der Waals surface area contributed by atoms with Crippen LogP contribution in [-0.2, 0) is 14.3 Å². The van der Waals surface area contributed by atoms with Crippen LogP contribution in [0.3, 0.4) is 0 Å². The lowest BCUT2D eigenvalue weighted by Crippen LogP contribution is -2.35. The van der Waals surface area contributed by atoms with Crippen molar-refractivity contribution < 1.29 is 14.3 Å². The third kappa shape index (κ3) is 8.58. The van der Waals surface area contributed by atoms with Gasteiger partial charge in [-0.15, -0.1) is 0 Å². The lowest BCUT2D eigenvalue weighted by molar-refractivity contribution is -0.144. The smallest absolute Gasteiger partial charge is 0.320 e. The Kier molecular flexibility index (Phi) is 9.07. The first kappa shape index (κ1) is 15.3. The lowest BCUT2D eigenvalue weighted by Gasteiger charge is -2.20. The van der Waals surface area contributed by atoms with Gasteiger partial charge in [0.2, 0.25) is 0 Å². The Labute approximate surface area is 102 Å². The second-order valence-corrected chi connectivity index (χ2v) is 3.81. The molecule has 0 saturated heterocycles. The molecule has 0 aliphatic carbocycles. The first-order valence-corrected chi connectivity index (χ1v) is 5.66. The SMILES string of the molecule is CCOC(=O)CN(CCOC)CCC(N)=S. The summed E-state index contributed by atoms with van der Waals surface area (Å²) in [5.41, 5.74) is 5.42. The number of thiocarbonyl (C=S) groups is 1. The summed E-state index contributed by atoms with van der Waals surface area (Å²) in [5.74, 6) is -0.235. The van der Waals surface area contributed by atoms with Crippen molar-refractivity contribution in [2.75, 3.05) is 40.0 Å². The van der Waals surface area contributed by atoms with Gasteiger partial charge in [-0.2, -0.15) is 0 Å². The largest absolute Gasteiger partial charge is 0.465 e.